The molecule has 0 saturated heterocycles. The summed E-state index contributed by atoms with van der Waals surface area (Å²) in [6.45, 7) is 15.6. The summed E-state index contributed by atoms with van der Waals surface area (Å²) in [6.07, 6.45) is 11.1. The molecule has 4 heteroatoms. The van der Waals surface area contributed by atoms with Crippen LogP contribution in [0.4, 0.5) is 0 Å². The number of rotatable bonds is 5. The van der Waals surface area contributed by atoms with E-state index < -0.39 is 12.2 Å². The van der Waals surface area contributed by atoms with Crippen molar-refractivity contribution in [1.82, 2.24) is 0 Å². The van der Waals surface area contributed by atoms with Gasteiger partial charge < -0.3 is 14.9 Å². The van der Waals surface area contributed by atoms with Crippen LogP contribution in [0.3, 0.4) is 0 Å². The van der Waals surface area contributed by atoms with Crippen LogP contribution in [0.25, 0.3) is 0 Å². The highest BCUT2D eigenvalue weighted by Crippen LogP contribution is 2.55. The molecule has 0 aromatic rings. The maximum atomic E-state index is 10.1. The van der Waals surface area contributed by atoms with Gasteiger partial charge in [-0.1, -0.05) is 70.3 Å². The lowest BCUT2D eigenvalue weighted by Crippen LogP contribution is -2.35. The first-order valence-corrected chi connectivity index (χ1v) is 12.1. The lowest BCUT2D eigenvalue weighted by molar-refractivity contribution is 0.0861. The topological polar surface area (TPSA) is 49.7 Å². The maximum Gasteiger partial charge on any atom is 0.0811 e. The Morgan fingerprint density at radius 3 is 2.74 bits per heavy atom. The molecule has 172 valence electrons. The normalized spacial score (nSPS) is 35.3. The summed E-state index contributed by atoms with van der Waals surface area (Å²) in [7, 11) is 0. The summed E-state index contributed by atoms with van der Waals surface area (Å²) in [5, 5.41) is 20.2. The van der Waals surface area contributed by atoms with Crippen LogP contribution >= 0.6 is 12.2 Å². The van der Waals surface area contributed by atoms with Crippen LogP contribution in [0.5, 0.6) is 0 Å². The Morgan fingerprint density at radius 2 is 2.06 bits per heavy atom. The number of hydrogen-bond donors (Lipinski definition) is 2. The third-order valence-electron chi connectivity index (χ3n) is 7.61. The van der Waals surface area contributed by atoms with Gasteiger partial charge in [-0.05, 0) is 72.5 Å². The van der Waals surface area contributed by atoms with Gasteiger partial charge in [-0.3, -0.25) is 0 Å². The SMILES string of the molecule is C=C1C(=CC=C2CCC[C@]3(C)C([C@H](C)OCC(=S)C(C)(C)C)=CC[C@@H]23)C[C@@H](O)C[C@@H]1O. The van der Waals surface area contributed by atoms with E-state index in [0.29, 0.717) is 25.4 Å². The van der Waals surface area contributed by atoms with Crippen molar-refractivity contribution in [3.63, 3.8) is 0 Å². The molecular weight excluding hydrogens is 404 g/mol. The minimum Gasteiger partial charge on any atom is -0.393 e. The summed E-state index contributed by atoms with van der Waals surface area (Å²) in [5.74, 6) is 0.487. The molecule has 5 atom stereocenters. The maximum absolute atomic E-state index is 10.1. The van der Waals surface area contributed by atoms with E-state index >= 15 is 0 Å². The lowest BCUT2D eigenvalue weighted by Gasteiger charge is -2.42. The Kier molecular flexibility index (Phi) is 7.47. The molecule has 3 aliphatic carbocycles. The van der Waals surface area contributed by atoms with Gasteiger partial charge in [0.05, 0.1) is 24.9 Å². The summed E-state index contributed by atoms with van der Waals surface area (Å²) in [5.41, 5.74) is 4.72. The van der Waals surface area contributed by atoms with Crippen LogP contribution in [0.15, 0.2) is 47.1 Å². The molecule has 0 amide bonds. The molecule has 2 fully saturated rings. The quantitative estimate of drug-likeness (QED) is 0.411. The van der Waals surface area contributed by atoms with Crippen molar-refractivity contribution in [2.45, 2.75) is 91.5 Å². The van der Waals surface area contributed by atoms with Gasteiger partial charge in [0.2, 0.25) is 0 Å². The Labute approximate surface area is 194 Å². The van der Waals surface area contributed by atoms with E-state index in [-0.39, 0.29) is 16.9 Å². The van der Waals surface area contributed by atoms with Crippen LogP contribution in [-0.4, -0.2) is 40.0 Å². The van der Waals surface area contributed by atoms with Gasteiger partial charge >= 0.3 is 0 Å². The van der Waals surface area contributed by atoms with E-state index in [4.69, 9.17) is 17.0 Å². The highest BCUT2D eigenvalue weighted by atomic mass is 32.1. The van der Waals surface area contributed by atoms with Crippen LogP contribution in [0, 0.1) is 16.7 Å². The Hall–Kier alpha value is -1.07. The third-order valence-corrected chi connectivity index (χ3v) is 8.34. The van der Waals surface area contributed by atoms with Crippen molar-refractivity contribution >= 4 is 17.1 Å². The largest absolute Gasteiger partial charge is 0.393 e. The third kappa shape index (κ3) is 5.30. The molecule has 2 N–H and O–H groups in total. The molecule has 0 aromatic heterocycles. The Balaban J connectivity index is 1.73. The van der Waals surface area contributed by atoms with Gasteiger partial charge in [0.15, 0.2) is 0 Å². The van der Waals surface area contributed by atoms with Gasteiger partial charge in [-0.25, -0.2) is 0 Å². The van der Waals surface area contributed by atoms with E-state index in [9.17, 15) is 10.2 Å². The van der Waals surface area contributed by atoms with Gasteiger partial charge in [0.25, 0.3) is 0 Å². The Morgan fingerprint density at radius 1 is 1.35 bits per heavy atom. The van der Waals surface area contributed by atoms with Gasteiger partial charge in [0, 0.05) is 11.3 Å². The fraction of sp³-hybridized carbons (Fsp3) is 0.667. The van der Waals surface area contributed by atoms with Crippen LogP contribution in [0.1, 0.15) is 73.1 Å². The summed E-state index contributed by atoms with van der Waals surface area (Å²) in [6, 6.07) is 0. The first-order chi connectivity index (χ1) is 14.4. The zero-order chi connectivity index (χ0) is 23.0. The van der Waals surface area contributed by atoms with Crippen molar-refractivity contribution in [1.29, 1.82) is 0 Å². The fourth-order valence-electron chi connectivity index (χ4n) is 5.45. The number of ether oxygens (including phenoxy) is 1. The predicted molar refractivity (Wildman–Crippen MR) is 132 cm³/mol. The van der Waals surface area contributed by atoms with Gasteiger partial charge in [-0.2, -0.15) is 0 Å². The van der Waals surface area contributed by atoms with E-state index in [1.54, 1.807) is 0 Å². The average molecular weight is 445 g/mol. The molecular formula is C27H40O3S. The van der Waals surface area contributed by atoms with E-state index in [1.165, 1.54) is 24.0 Å². The summed E-state index contributed by atoms with van der Waals surface area (Å²) in [4.78, 5) is 0.965. The number of fused-ring (bicyclic) bond motifs is 1. The molecule has 0 spiro atoms. The van der Waals surface area contributed by atoms with Crippen molar-refractivity contribution in [3.8, 4) is 0 Å². The molecule has 2 saturated carbocycles. The molecule has 0 heterocycles. The molecule has 0 bridgehead atoms. The van der Waals surface area contributed by atoms with Crippen molar-refractivity contribution < 1.29 is 14.9 Å². The zero-order valence-corrected chi connectivity index (χ0v) is 20.7. The number of aliphatic hydroxyl groups excluding tert-OH is 2. The van der Waals surface area contributed by atoms with Crippen molar-refractivity contribution in [3.05, 3.63) is 47.1 Å². The highest BCUT2D eigenvalue weighted by molar-refractivity contribution is 7.80. The summed E-state index contributed by atoms with van der Waals surface area (Å²) >= 11 is 5.57. The molecule has 3 rings (SSSR count). The fourth-order valence-corrected chi connectivity index (χ4v) is 5.52. The molecule has 0 radical (unpaired) electrons. The molecule has 0 aromatic carbocycles. The smallest absolute Gasteiger partial charge is 0.0811 e. The minimum absolute atomic E-state index is 0.00985. The van der Waals surface area contributed by atoms with Gasteiger partial charge in [-0.15, -0.1) is 0 Å². The van der Waals surface area contributed by atoms with E-state index in [1.807, 2.05) is 0 Å². The van der Waals surface area contributed by atoms with Crippen LogP contribution < -0.4 is 0 Å². The first-order valence-electron chi connectivity index (χ1n) is 11.7. The van der Waals surface area contributed by atoms with Gasteiger partial charge in [0.1, 0.15) is 0 Å². The summed E-state index contributed by atoms with van der Waals surface area (Å²) < 4.78 is 6.25. The average Bonchev–Trinajstić information content (AvgIpc) is 3.04. The van der Waals surface area contributed by atoms with Crippen molar-refractivity contribution in [2.75, 3.05) is 6.61 Å². The molecule has 0 aliphatic heterocycles. The molecule has 0 unspecified atom stereocenters. The molecule has 3 aliphatic rings. The van der Waals surface area contributed by atoms with E-state index in [0.717, 1.165) is 28.9 Å². The molecule has 31 heavy (non-hydrogen) atoms. The second-order valence-corrected chi connectivity index (χ2v) is 11.4. The van der Waals surface area contributed by atoms with Crippen molar-refractivity contribution in [2.24, 2.45) is 16.7 Å². The van der Waals surface area contributed by atoms with Crippen LogP contribution in [-0.2, 0) is 4.74 Å². The van der Waals surface area contributed by atoms with E-state index in [2.05, 4.69) is 59.4 Å². The second-order valence-electron chi connectivity index (χ2n) is 10.9. The standard InChI is InChI=1S/C27H40O3S/c1-17-20(14-21(28)15-24(17)29)10-9-19-8-7-13-27(6)22(11-12-23(19)27)18(2)30-16-25(31)26(3,4)5/h9-11,18,21,23-24,28-29H,1,7-8,12-16H2,2-6H3/t18-,21+,23-,24-,27+/m0/s1. The predicted octanol–water partition coefficient (Wildman–Crippen LogP) is 5.87. The highest BCUT2D eigenvalue weighted by Gasteiger charge is 2.46. The number of aliphatic hydroxyl groups is 2. The minimum atomic E-state index is -0.637. The first kappa shape index (κ1) is 24.6. The number of thiocarbonyl (C=S) groups is 1. The zero-order valence-electron chi connectivity index (χ0n) is 19.9. The molecule has 3 nitrogen and oxygen atoms in total. The van der Waals surface area contributed by atoms with Crippen LogP contribution in [0.2, 0.25) is 0 Å². The number of allylic oxidation sites excluding steroid dienone is 4. The number of hydrogen-bond acceptors (Lipinski definition) is 4. The second kappa shape index (κ2) is 9.43. The monoisotopic (exact) mass is 444 g/mol. The Bertz CT molecular complexity index is 813. The lowest BCUT2D eigenvalue weighted by atomic mass is 9.63.